The zero-order valence-electron chi connectivity index (χ0n) is 26.9. The molecule has 0 radical (unpaired) electrons. The van der Waals surface area contributed by atoms with Crippen LogP contribution < -0.4 is 10.6 Å². The van der Waals surface area contributed by atoms with Gasteiger partial charge in [0, 0.05) is 19.0 Å². The van der Waals surface area contributed by atoms with E-state index in [0.717, 1.165) is 22.3 Å². The van der Waals surface area contributed by atoms with Gasteiger partial charge in [-0.15, -0.1) is 0 Å². The smallest absolute Gasteiger partial charge is 0.408 e. The van der Waals surface area contributed by atoms with E-state index in [1.807, 2.05) is 52.0 Å². The average molecular weight is 607 g/mol. The molecular weight excluding hydrogens is 560 g/mol. The van der Waals surface area contributed by atoms with E-state index < -0.39 is 23.8 Å². The molecule has 0 aromatic heterocycles. The number of carbonyl (C=O) groups is 4. The number of benzene rings is 2. The summed E-state index contributed by atoms with van der Waals surface area (Å²) >= 11 is 0. The van der Waals surface area contributed by atoms with Gasteiger partial charge in [0.25, 0.3) is 0 Å². The van der Waals surface area contributed by atoms with Crippen LogP contribution in [0.25, 0.3) is 11.1 Å². The zero-order valence-corrected chi connectivity index (χ0v) is 26.9. The van der Waals surface area contributed by atoms with Gasteiger partial charge in [0.15, 0.2) is 0 Å². The Morgan fingerprint density at radius 1 is 0.977 bits per heavy atom. The summed E-state index contributed by atoms with van der Waals surface area (Å²) in [5.74, 6) is -0.382. The number of nitrogens with zero attached hydrogens (tertiary/aromatic N) is 2. The molecule has 44 heavy (non-hydrogen) atoms. The van der Waals surface area contributed by atoms with E-state index in [1.165, 1.54) is 0 Å². The van der Waals surface area contributed by atoms with Crippen LogP contribution >= 0.6 is 0 Å². The molecule has 2 aliphatic rings. The maximum Gasteiger partial charge on any atom is 0.408 e. The molecule has 0 saturated carbocycles. The first kappa shape index (κ1) is 32.8. The molecule has 0 spiro atoms. The summed E-state index contributed by atoms with van der Waals surface area (Å²) in [6.45, 7) is 13.7. The van der Waals surface area contributed by atoms with Crippen LogP contribution in [0.2, 0.25) is 0 Å². The molecule has 1 aliphatic heterocycles. The van der Waals surface area contributed by atoms with E-state index in [0.29, 0.717) is 19.5 Å². The summed E-state index contributed by atoms with van der Waals surface area (Å²) in [6.07, 6.45) is -0.835. The van der Waals surface area contributed by atoms with Crippen LogP contribution in [0.15, 0.2) is 48.5 Å². The molecule has 0 bridgehead atoms. The molecule has 1 aliphatic carbocycles. The molecule has 238 valence electrons. The second-order valence-corrected chi connectivity index (χ2v) is 13.0. The highest BCUT2D eigenvalue weighted by Crippen LogP contribution is 2.44. The Bertz CT molecular complexity index is 1320. The molecule has 2 aromatic carbocycles. The van der Waals surface area contributed by atoms with E-state index in [2.05, 4.69) is 34.9 Å². The van der Waals surface area contributed by atoms with E-state index in [4.69, 9.17) is 9.47 Å². The molecular formula is C34H46N4O6. The fraction of sp³-hybridized carbons (Fsp3) is 0.529. The third-order valence-electron chi connectivity index (χ3n) is 8.20. The Labute approximate surface area is 260 Å². The molecule has 10 heteroatoms. The topological polar surface area (TPSA) is 117 Å². The van der Waals surface area contributed by atoms with Crippen molar-refractivity contribution >= 4 is 24.0 Å². The first-order valence-electron chi connectivity index (χ1n) is 15.5. The monoisotopic (exact) mass is 606 g/mol. The summed E-state index contributed by atoms with van der Waals surface area (Å²) < 4.78 is 10.9. The highest BCUT2D eigenvalue weighted by molar-refractivity contribution is 5.88. The second kappa shape index (κ2) is 13.7. The van der Waals surface area contributed by atoms with Crippen molar-refractivity contribution in [3.8, 4) is 11.1 Å². The third-order valence-corrected chi connectivity index (χ3v) is 8.20. The van der Waals surface area contributed by atoms with Gasteiger partial charge >= 0.3 is 12.2 Å². The van der Waals surface area contributed by atoms with Crippen LogP contribution in [-0.4, -0.2) is 83.8 Å². The first-order valence-corrected chi connectivity index (χ1v) is 15.5. The van der Waals surface area contributed by atoms with E-state index in [1.54, 1.807) is 30.6 Å². The zero-order chi connectivity index (χ0) is 32.2. The number of likely N-dealkylation sites (N-methyl/N-ethyl adjacent to an activating group) is 1. The summed E-state index contributed by atoms with van der Waals surface area (Å²) in [5, 5.41) is 5.34. The predicted octanol–water partition coefficient (Wildman–Crippen LogP) is 4.91. The lowest BCUT2D eigenvalue weighted by Crippen LogP contribution is -2.70. The lowest BCUT2D eigenvalue weighted by molar-refractivity contribution is -0.153. The Morgan fingerprint density at radius 3 is 2.09 bits per heavy atom. The van der Waals surface area contributed by atoms with Gasteiger partial charge in [0.05, 0.1) is 12.1 Å². The third kappa shape index (κ3) is 7.52. The molecule has 2 N–H and O–H groups in total. The van der Waals surface area contributed by atoms with Crippen LogP contribution in [0.3, 0.4) is 0 Å². The largest absolute Gasteiger partial charge is 0.449 e. The van der Waals surface area contributed by atoms with Gasteiger partial charge in [-0.3, -0.25) is 9.59 Å². The van der Waals surface area contributed by atoms with Gasteiger partial charge in [-0.05, 0) is 69.2 Å². The van der Waals surface area contributed by atoms with Crippen molar-refractivity contribution in [3.05, 3.63) is 59.7 Å². The van der Waals surface area contributed by atoms with Crippen LogP contribution in [0.5, 0.6) is 0 Å². The van der Waals surface area contributed by atoms with Gasteiger partial charge in [-0.2, -0.15) is 0 Å². The van der Waals surface area contributed by atoms with Gasteiger partial charge < -0.3 is 29.9 Å². The molecule has 10 nitrogen and oxygen atoms in total. The number of alkyl carbamates (subject to hydrolysis) is 2. The molecule has 3 atom stereocenters. The highest BCUT2D eigenvalue weighted by atomic mass is 16.6. The first-order chi connectivity index (χ1) is 20.8. The number of carbonyl (C=O) groups excluding carboxylic acids is 4. The summed E-state index contributed by atoms with van der Waals surface area (Å²) in [6, 6.07) is 15.1. The number of ether oxygens (including phenoxy) is 2. The lowest BCUT2D eigenvalue weighted by Gasteiger charge is -2.51. The molecule has 4 rings (SSSR count). The Balaban J connectivity index is 1.34. The number of rotatable bonds is 10. The Hall–Kier alpha value is -4.08. The minimum absolute atomic E-state index is 0.0778. The maximum absolute atomic E-state index is 13.6. The Kier molecular flexibility index (Phi) is 10.2. The maximum atomic E-state index is 13.6. The van der Waals surface area contributed by atoms with Gasteiger partial charge in [0.2, 0.25) is 11.8 Å². The number of hydrogen-bond acceptors (Lipinski definition) is 6. The van der Waals surface area contributed by atoms with Gasteiger partial charge in [0.1, 0.15) is 24.8 Å². The normalized spacial score (nSPS) is 18.0. The minimum atomic E-state index is -0.756. The SMILES string of the molecule is CCN(C(=O)CNC(=O)OC(C)(C)C)[C@@H]1CN(C(=O)[C@H](CC(C)C)NC(=O)OCC2c3ccccc3-c3ccccc32)C1C. The van der Waals surface area contributed by atoms with Crippen LogP contribution in [0.1, 0.15) is 71.9 Å². The number of likely N-dealkylation sites (tertiary alicyclic amines) is 1. The van der Waals surface area contributed by atoms with Crippen molar-refractivity contribution in [1.82, 2.24) is 20.4 Å². The minimum Gasteiger partial charge on any atom is -0.449 e. The molecule has 4 amide bonds. The predicted molar refractivity (Wildman–Crippen MR) is 168 cm³/mol. The van der Waals surface area contributed by atoms with Crippen molar-refractivity contribution < 1.29 is 28.7 Å². The number of nitrogens with one attached hydrogen (secondary N) is 2. The van der Waals surface area contributed by atoms with Gasteiger partial charge in [-0.1, -0.05) is 62.4 Å². The van der Waals surface area contributed by atoms with Crippen molar-refractivity contribution in [2.45, 2.75) is 84.5 Å². The van der Waals surface area contributed by atoms with Crippen LogP contribution in [-0.2, 0) is 19.1 Å². The fourth-order valence-electron chi connectivity index (χ4n) is 6.07. The van der Waals surface area contributed by atoms with Crippen LogP contribution in [0, 0.1) is 5.92 Å². The number of amides is 4. The van der Waals surface area contributed by atoms with Gasteiger partial charge in [-0.25, -0.2) is 9.59 Å². The lowest BCUT2D eigenvalue weighted by atomic mass is 9.93. The number of hydrogen-bond donors (Lipinski definition) is 2. The molecule has 1 fully saturated rings. The highest BCUT2D eigenvalue weighted by Gasteiger charge is 2.45. The Morgan fingerprint density at radius 2 is 1.57 bits per heavy atom. The number of fused-ring (bicyclic) bond motifs is 3. The van der Waals surface area contributed by atoms with Crippen molar-refractivity contribution in [3.63, 3.8) is 0 Å². The summed E-state index contributed by atoms with van der Waals surface area (Å²) in [5.41, 5.74) is 3.86. The van der Waals surface area contributed by atoms with E-state index >= 15 is 0 Å². The average Bonchev–Trinajstić information content (AvgIpc) is 3.28. The molecule has 2 aromatic rings. The van der Waals surface area contributed by atoms with Crippen molar-refractivity contribution in [2.24, 2.45) is 5.92 Å². The molecule has 1 unspecified atom stereocenters. The standard InChI is InChI=1S/C34H46N4O6/c1-8-37(30(39)18-35-32(41)44-34(5,6)7)29-19-38(22(29)4)31(40)28(17-21(2)3)36-33(42)43-20-27-25-15-11-9-13-23(25)24-14-10-12-16-26(24)27/h9-16,21-22,27-29H,8,17-20H2,1-7H3,(H,35,41)(H,36,42)/t22?,28-,29+/m0/s1. The summed E-state index contributed by atoms with van der Waals surface area (Å²) in [7, 11) is 0. The van der Waals surface area contributed by atoms with Crippen molar-refractivity contribution in [2.75, 3.05) is 26.2 Å². The van der Waals surface area contributed by atoms with E-state index in [-0.39, 0.29) is 48.9 Å². The summed E-state index contributed by atoms with van der Waals surface area (Å²) in [4.78, 5) is 55.0. The fourth-order valence-corrected chi connectivity index (χ4v) is 6.07. The molecule has 1 heterocycles. The quantitative estimate of drug-likeness (QED) is 0.397. The van der Waals surface area contributed by atoms with E-state index in [9.17, 15) is 19.2 Å². The van der Waals surface area contributed by atoms with Crippen molar-refractivity contribution in [1.29, 1.82) is 0 Å². The second-order valence-electron chi connectivity index (χ2n) is 13.0. The molecule has 1 saturated heterocycles. The van der Waals surface area contributed by atoms with Crippen LogP contribution in [0.4, 0.5) is 9.59 Å².